The fraction of sp³-hybridized carbons (Fsp3) is 0.100. The van der Waals surface area contributed by atoms with Gasteiger partial charge in [-0.3, -0.25) is 20.4 Å². The molecule has 132 valence electrons. The summed E-state index contributed by atoms with van der Waals surface area (Å²) < 4.78 is 14.9. The molecule has 1 aromatic heterocycles. The van der Waals surface area contributed by atoms with E-state index < -0.39 is 5.91 Å². The molecule has 0 aliphatic carbocycles. The summed E-state index contributed by atoms with van der Waals surface area (Å²) in [5.74, 6) is -1.09. The highest BCUT2D eigenvalue weighted by atomic mass is 19.1. The zero-order chi connectivity index (χ0) is 18.4. The largest absolute Gasteiger partial charge is 0.323 e. The number of hydrogen-bond donors (Lipinski definition) is 2. The van der Waals surface area contributed by atoms with Gasteiger partial charge in [-0.2, -0.15) is 0 Å². The second kappa shape index (κ2) is 8.11. The van der Waals surface area contributed by atoms with E-state index in [-0.39, 0.29) is 18.1 Å². The summed E-state index contributed by atoms with van der Waals surface area (Å²) in [5.41, 5.74) is 6.70. The molecule has 0 radical (unpaired) electrons. The zero-order valence-corrected chi connectivity index (χ0v) is 14.0. The van der Waals surface area contributed by atoms with Crippen molar-refractivity contribution in [3.05, 3.63) is 90.0 Å². The Labute approximate surface area is 150 Å². The molecule has 2 aromatic carbocycles. The SMILES string of the molecule is O=C(CCc1cccc(F)c1)NNC(=O)c1ccccc1-n1cccc1. The molecular formula is C20H18FN3O2. The summed E-state index contributed by atoms with van der Waals surface area (Å²) >= 11 is 0. The van der Waals surface area contributed by atoms with E-state index in [9.17, 15) is 14.0 Å². The molecule has 0 bridgehead atoms. The van der Waals surface area contributed by atoms with Gasteiger partial charge in [0.2, 0.25) is 5.91 Å². The third-order valence-electron chi connectivity index (χ3n) is 3.88. The Bertz CT molecular complexity index is 907. The maximum Gasteiger partial charge on any atom is 0.271 e. The minimum atomic E-state index is -0.409. The van der Waals surface area contributed by atoms with E-state index in [2.05, 4.69) is 10.9 Å². The Morgan fingerprint density at radius 3 is 2.46 bits per heavy atom. The highest BCUT2D eigenvalue weighted by Crippen LogP contribution is 2.14. The number of amides is 2. The first-order chi connectivity index (χ1) is 12.6. The summed E-state index contributed by atoms with van der Waals surface area (Å²) in [5, 5.41) is 0. The van der Waals surface area contributed by atoms with Crippen molar-refractivity contribution in [2.75, 3.05) is 0 Å². The molecule has 2 N–H and O–H groups in total. The average Bonchev–Trinajstić information content (AvgIpc) is 3.19. The molecule has 26 heavy (non-hydrogen) atoms. The van der Waals surface area contributed by atoms with Crippen molar-refractivity contribution in [1.29, 1.82) is 0 Å². The average molecular weight is 351 g/mol. The molecular weight excluding hydrogens is 333 g/mol. The third-order valence-corrected chi connectivity index (χ3v) is 3.88. The van der Waals surface area contributed by atoms with Gasteiger partial charge in [0.15, 0.2) is 0 Å². The molecule has 0 spiro atoms. The first kappa shape index (κ1) is 17.4. The Morgan fingerprint density at radius 1 is 0.923 bits per heavy atom. The predicted molar refractivity (Wildman–Crippen MR) is 96.1 cm³/mol. The predicted octanol–water partition coefficient (Wildman–Crippen LogP) is 3.01. The molecule has 5 nitrogen and oxygen atoms in total. The lowest BCUT2D eigenvalue weighted by Crippen LogP contribution is -2.42. The normalized spacial score (nSPS) is 10.3. The quantitative estimate of drug-likeness (QED) is 0.694. The van der Waals surface area contributed by atoms with Gasteiger partial charge in [0.1, 0.15) is 5.82 Å². The number of benzene rings is 2. The second-order valence-corrected chi connectivity index (χ2v) is 5.74. The number of nitrogens with one attached hydrogen (secondary N) is 2. The summed E-state index contributed by atoms with van der Waals surface area (Å²) in [6, 6.07) is 16.9. The minimum Gasteiger partial charge on any atom is -0.323 e. The van der Waals surface area contributed by atoms with E-state index in [1.165, 1.54) is 12.1 Å². The highest BCUT2D eigenvalue weighted by Gasteiger charge is 2.12. The van der Waals surface area contributed by atoms with Gasteiger partial charge >= 0.3 is 0 Å². The van der Waals surface area contributed by atoms with Gasteiger partial charge in [-0.1, -0.05) is 24.3 Å². The fourth-order valence-corrected chi connectivity index (χ4v) is 2.59. The third kappa shape index (κ3) is 4.36. The van der Waals surface area contributed by atoms with E-state index in [1.807, 2.05) is 41.2 Å². The van der Waals surface area contributed by atoms with Gasteiger partial charge in [0.05, 0.1) is 11.3 Å². The maximum absolute atomic E-state index is 13.1. The molecule has 3 rings (SSSR count). The number of aryl methyl sites for hydroxylation is 1. The molecule has 0 saturated carbocycles. The standard InChI is InChI=1S/C20H18FN3O2/c21-16-7-5-6-15(14-16)10-11-19(25)22-23-20(26)17-8-1-2-9-18(17)24-12-3-4-13-24/h1-9,12-14H,10-11H2,(H,22,25)(H,23,26). The van der Waals surface area contributed by atoms with E-state index in [4.69, 9.17) is 0 Å². The van der Waals surface area contributed by atoms with Crippen LogP contribution in [0.1, 0.15) is 22.3 Å². The van der Waals surface area contributed by atoms with Crippen molar-refractivity contribution >= 4 is 11.8 Å². The second-order valence-electron chi connectivity index (χ2n) is 5.74. The first-order valence-corrected chi connectivity index (χ1v) is 8.19. The maximum atomic E-state index is 13.1. The Kier molecular flexibility index (Phi) is 5.43. The van der Waals surface area contributed by atoms with Crippen LogP contribution in [0.4, 0.5) is 4.39 Å². The van der Waals surface area contributed by atoms with Crippen molar-refractivity contribution in [3.63, 3.8) is 0 Å². The van der Waals surface area contributed by atoms with Crippen LogP contribution in [0.2, 0.25) is 0 Å². The lowest BCUT2D eigenvalue weighted by molar-refractivity contribution is -0.121. The van der Waals surface area contributed by atoms with Crippen LogP contribution in [0.3, 0.4) is 0 Å². The van der Waals surface area contributed by atoms with Crippen molar-refractivity contribution in [3.8, 4) is 5.69 Å². The van der Waals surface area contributed by atoms with Gasteiger partial charge in [0, 0.05) is 18.8 Å². The van der Waals surface area contributed by atoms with E-state index in [0.29, 0.717) is 17.7 Å². The van der Waals surface area contributed by atoms with Crippen molar-refractivity contribution in [1.82, 2.24) is 15.4 Å². The molecule has 0 unspecified atom stereocenters. The molecule has 0 saturated heterocycles. The van der Waals surface area contributed by atoms with Crippen LogP contribution in [0, 0.1) is 5.82 Å². The number of aromatic nitrogens is 1. The molecule has 0 aliphatic rings. The van der Waals surface area contributed by atoms with Crippen LogP contribution in [0.5, 0.6) is 0 Å². The number of para-hydroxylation sites is 1. The Morgan fingerprint density at radius 2 is 1.69 bits per heavy atom. The van der Waals surface area contributed by atoms with Crippen LogP contribution >= 0.6 is 0 Å². The number of halogens is 1. The lowest BCUT2D eigenvalue weighted by Gasteiger charge is -2.12. The summed E-state index contributed by atoms with van der Waals surface area (Å²) in [7, 11) is 0. The van der Waals surface area contributed by atoms with Crippen LogP contribution in [0.15, 0.2) is 73.1 Å². The van der Waals surface area contributed by atoms with Crippen molar-refractivity contribution in [2.45, 2.75) is 12.8 Å². The molecule has 1 heterocycles. The fourth-order valence-electron chi connectivity index (χ4n) is 2.59. The topological polar surface area (TPSA) is 63.1 Å². The summed E-state index contributed by atoms with van der Waals surface area (Å²) in [4.78, 5) is 24.3. The van der Waals surface area contributed by atoms with E-state index in [0.717, 1.165) is 5.56 Å². The molecule has 3 aromatic rings. The van der Waals surface area contributed by atoms with Gasteiger partial charge in [-0.25, -0.2) is 4.39 Å². The van der Waals surface area contributed by atoms with Gasteiger partial charge < -0.3 is 4.57 Å². The van der Waals surface area contributed by atoms with Crippen molar-refractivity contribution in [2.24, 2.45) is 0 Å². The number of carbonyl (C=O) groups excluding carboxylic acids is 2. The minimum absolute atomic E-state index is 0.142. The summed E-state index contributed by atoms with van der Waals surface area (Å²) in [6.45, 7) is 0. The van der Waals surface area contributed by atoms with Gasteiger partial charge in [0.25, 0.3) is 5.91 Å². The number of hydrogen-bond acceptors (Lipinski definition) is 2. The van der Waals surface area contributed by atoms with Crippen LogP contribution in [0.25, 0.3) is 5.69 Å². The van der Waals surface area contributed by atoms with Crippen LogP contribution in [-0.4, -0.2) is 16.4 Å². The smallest absolute Gasteiger partial charge is 0.271 e. The van der Waals surface area contributed by atoms with Crippen molar-refractivity contribution < 1.29 is 14.0 Å². The van der Waals surface area contributed by atoms with E-state index >= 15 is 0 Å². The number of carbonyl (C=O) groups is 2. The number of rotatable bonds is 5. The monoisotopic (exact) mass is 351 g/mol. The Hall–Kier alpha value is -3.41. The van der Waals surface area contributed by atoms with Crippen LogP contribution < -0.4 is 10.9 Å². The molecule has 0 fully saturated rings. The molecule has 2 amide bonds. The van der Waals surface area contributed by atoms with Gasteiger partial charge in [-0.15, -0.1) is 0 Å². The Balaban J connectivity index is 1.57. The number of nitrogens with zero attached hydrogens (tertiary/aromatic N) is 1. The van der Waals surface area contributed by atoms with E-state index in [1.54, 1.807) is 24.3 Å². The highest BCUT2D eigenvalue weighted by molar-refractivity contribution is 5.98. The van der Waals surface area contributed by atoms with Gasteiger partial charge in [-0.05, 0) is 48.4 Å². The van der Waals surface area contributed by atoms with Crippen LogP contribution in [-0.2, 0) is 11.2 Å². The lowest BCUT2D eigenvalue weighted by atomic mass is 10.1. The first-order valence-electron chi connectivity index (χ1n) is 8.19. The molecule has 6 heteroatoms. The molecule has 0 atom stereocenters. The number of hydrazine groups is 1. The summed E-state index contributed by atoms with van der Waals surface area (Å²) in [6.07, 6.45) is 4.20. The molecule has 0 aliphatic heterocycles. The zero-order valence-electron chi connectivity index (χ0n) is 14.0.